The largest absolute Gasteiger partial charge is 0.462 e. The van der Waals surface area contributed by atoms with Gasteiger partial charge in [0, 0.05) is 6.54 Å². The number of fused-ring (bicyclic) bond motifs is 1. The van der Waals surface area contributed by atoms with Gasteiger partial charge in [0.05, 0.1) is 27.3 Å². The van der Waals surface area contributed by atoms with E-state index in [-0.39, 0.29) is 4.90 Å². The summed E-state index contributed by atoms with van der Waals surface area (Å²) in [5.41, 5.74) is 1.26. The second-order valence-corrected chi connectivity index (χ2v) is 8.02. The number of benzene rings is 2. The van der Waals surface area contributed by atoms with Crippen molar-refractivity contribution in [3.05, 3.63) is 58.9 Å². The fourth-order valence-corrected chi connectivity index (χ4v) is 4.90. The van der Waals surface area contributed by atoms with Gasteiger partial charge in [-0.2, -0.15) is 8.42 Å². The highest BCUT2D eigenvalue weighted by molar-refractivity contribution is 7.90. The molecule has 136 valence electrons. The van der Waals surface area contributed by atoms with Crippen molar-refractivity contribution in [1.82, 2.24) is 4.57 Å². The van der Waals surface area contributed by atoms with Crippen molar-refractivity contribution < 1.29 is 17.9 Å². The fraction of sp³-hybridized carbons (Fsp3) is 0.222. The van der Waals surface area contributed by atoms with E-state index < -0.39 is 16.0 Å². The second-order valence-electron chi connectivity index (χ2n) is 5.41. The number of thiazole rings is 1. The highest BCUT2D eigenvalue weighted by Crippen LogP contribution is 2.21. The van der Waals surface area contributed by atoms with Gasteiger partial charge in [-0.3, -0.25) is 0 Å². The van der Waals surface area contributed by atoms with Crippen LogP contribution in [0.1, 0.15) is 24.2 Å². The standard InChI is InChI=1S/C18H18N2O4S2/c1-3-20-15-11-10-13(17(21)24-4-2)12-16(15)25-18(20)19-26(22,23)14-8-6-5-7-9-14/h5-12H,3-4H2,1-2H3. The van der Waals surface area contributed by atoms with Gasteiger partial charge in [0.15, 0.2) is 0 Å². The van der Waals surface area contributed by atoms with Crippen LogP contribution in [0.15, 0.2) is 57.8 Å². The normalized spacial score (nSPS) is 12.5. The van der Waals surface area contributed by atoms with Crippen LogP contribution in [0, 0.1) is 0 Å². The summed E-state index contributed by atoms with van der Waals surface area (Å²) >= 11 is 1.23. The van der Waals surface area contributed by atoms with Crippen LogP contribution < -0.4 is 4.80 Å². The summed E-state index contributed by atoms with van der Waals surface area (Å²) in [5.74, 6) is -0.402. The first-order valence-electron chi connectivity index (χ1n) is 8.13. The minimum Gasteiger partial charge on any atom is -0.462 e. The Hall–Kier alpha value is -2.45. The molecule has 0 saturated carbocycles. The lowest BCUT2D eigenvalue weighted by Crippen LogP contribution is -2.16. The average Bonchev–Trinajstić information content (AvgIpc) is 2.98. The first-order chi connectivity index (χ1) is 12.5. The maximum Gasteiger partial charge on any atom is 0.338 e. The highest BCUT2D eigenvalue weighted by Gasteiger charge is 2.15. The number of aryl methyl sites for hydroxylation is 1. The SMILES string of the molecule is CCOC(=O)c1ccc2c(c1)sc(=NS(=O)(=O)c1ccccc1)n2CC. The summed E-state index contributed by atoms with van der Waals surface area (Å²) in [6.45, 7) is 4.52. The summed E-state index contributed by atoms with van der Waals surface area (Å²) in [6.07, 6.45) is 0. The predicted octanol–water partition coefficient (Wildman–Crippen LogP) is 3.19. The molecular formula is C18H18N2O4S2. The van der Waals surface area contributed by atoms with Crippen LogP contribution in [0.5, 0.6) is 0 Å². The summed E-state index contributed by atoms with van der Waals surface area (Å²) < 4.78 is 36.7. The van der Waals surface area contributed by atoms with Gasteiger partial charge in [0.1, 0.15) is 0 Å². The van der Waals surface area contributed by atoms with Crippen molar-refractivity contribution in [1.29, 1.82) is 0 Å². The van der Waals surface area contributed by atoms with Gasteiger partial charge in [-0.05, 0) is 44.2 Å². The molecule has 0 radical (unpaired) electrons. The molecule has 3 aromatic rings. The van der Waals surface area contributed by atoms with Crippen LogP contribution in [0.25, 0.3) is 10.2 Å². The third-order valence-electron chi connectivity index (χ3n) is 3.75. The Kier molecular flexibility index (Phi) is 5.24. The number of hydrogen-bond donors (Lipinski definition) is 0. The van der Waals surface area contributed by atoms with Gasteiger partial charge in [-0.25, -0.2) is 4.79 Å². The van der Waals surface area contributed by atoms with Crippen LogP contribution in [0.4, 0.5) is 0 Å². The molecule has 0 saturated heterocycles. The average molecular weight is 390 g/mol. The molecule has 1 heterocycles. The smallest absolute Gasteiger partial charge is 0.338 e. The highest BCUT2D eigenvalue weighted by atomic mass is 32.2. The number of carbonyl (C=O) groups excluding carboxylic acids is 1. The molecule has 0 spiro atoms. The third-order valence-corrected chi connectivity index (χ3v) is 6.19. The van der Waals surface area contributed by atoms with Crippen molar-refractivity contribution in [2.24, 2.45) is 4.40 Å². The molecule has 3 rings (SSSR count). The minimum absolute atomic E-state index is 0.146. The number of sulfonamides is 1. The fourth-order valence-electron chi connectivity index (χ4n) is 2.54. The molecule has 0 fully saturated rings. The van der Waals surface area contributed by atoms with Gasteiger partial charge in [-0.1, -0.05) is 29.5 Å². The van der Waals surface area contributed by atoms with Crippen molar-refractivity contribution in [3.8, 4) is 0 Å². The van der Waals surface area contributed by atoms with E-state index in [4.69, 9.17) is 4.74 Å². The van der Waals surface area contributed by atoms with E-state index in [2.05, 4.69) is 4.40 Å². The Morgan fingerprint density at radius 2 is 1.88 bits per heavy atom. The zero-order chi connectivity index (χ0) is 18.7. The van der Waals surface area contributed by atoms with Crippen LogP contribution in [0.3, 0.4) is 0 Å². The van der Waals surface area contributed by atoms with Crippen LogP contribution in [-0.4, -0.2) is 25.6 Å². The quantitative estimate of drug-likeness (QED) is 0.627. The van der Waals surface area contributed by atoms with E-state index in [1.807, 2.05) is 11.5 Å². The molecule has 0 unspecified atom stereocenters. The van der Waals surface area contributed by atoms with Crippen LogP contribution >= 0.6 is 11.3 Å². The predicted molar refractivity (Wildman–Crippen MR) is 101 cm³/mol. The molecule has 0 bridgehead atoms. The maximum absolute atomic E-state index is 12.6. The van der Waals surface area contributed by atoms with E-state index >= 15 is 0 Å². The topological polar surface area (TPSA) is 77.7 Å². The van der Waals surface area contributed by atoms with Crippen molar-refractivity contribution in [3.63, 3.8) is 0 Å². The first-order valence-corrected chi connectivity index (χ1v) is 10.4. The van der Waals surface area contributed by atoms with Crippen LogP contribution in [-0.2, 0) is 21.3 Å². The van der Waals surface area contributed by atoms with Gasteiger partial charge >= 0.3 is 5.97 Å². The molecule has 0 atom stereocenters. The number of hydrogen-bond acceptors (Lipinski definition) is 5. The number of nitrogens with zero attached hydrogens (tertiary/aromatic N) is 2. The van der Waals surface area contributed by atoms with Gasteiger partial charge in [-0.15, -0.1) is 4.40 Å². The molecule has 0 aliphatic heterocycles. The van der Waals surface area contributed by atoms with E-state index in [1.165, 1.54) is 23.5 Å². The number of rotatable bonds is 5. The monoisotopic (exact) mass is 390 g/mol. The van der Waals surface area contributed by atoms with Crippen molar-refractivity contribution in [2.75, 3.05) is 6.61 Å². The lowest BCUT2D eigenvalue weighted by molar-refractivity contribution is 0.0526. The molecule has 6 nitrogen and oxygen atoms in total. The Morgan fingerprint density at radius 1 is 1.15 bits per heavy atom. The van der Waals surface area contributed by atoms with Gasteiger partial charge < -0.3 is 9.30 Å². The van der Waals surface area contributed by atoms with E-state index in [0.29, 0.717) is 23.5 Å². The Balaban J connectivity index is 2.16. The summed E-state index contributed by atoms with van der Waals surface area (Å²) in [6, 6.07) is 13.3. The number of carbonyl (C=O) groups is 1. The van der Waals surface area contributed by atoms with E-state index in [1.54, 1.807) is 43.3 Å². The Labute approximate surface area is 155 Å². The Bertz CT molecular complexity index is 1110. The van der Waals surface area contributed by atoms with Gasteiger partial charge in [0.2, 0.25) is 4.80 Å². The van der Waals surface area contributed by atoms with E-state index in [9.17, 15) is 13.2 Å². The number of aromatic nitrogens is 1. The molecule has 2 aromatic carbocycles. The van der Waals surface area contributed by atoms with Crippen molar-refractivity contribution in [2.45, 2.75) is 25.3 Å². The molecule has 8 heteroatoms. The third kappa shape index (κ3) is 3.56. The molecule has 0 amide bonds. The van der Waals surface area contributed by atoms with Gasteiger partial charge in [0.25, 0.3) is 10.0 Å². The molecule has 0 aliphatic rings. The van der Waals surface area contributed by atoms with Crippen molar-refractivity contribution >= 4 is 37.5 Å². The molecule has 26 heavy (non-hydrogen) atoms. The lowest BCUT2D eigenvalue weighted by atomic mass is 10.2. The summed E-state index contributed by atoms with van der Waals surface area (Å²) in [7, 11) is -3.81. The Morgan fingerprint density at radius 3 is 2.54 bits per heavy atom. The maximum atomic E-state index is 12.6. The number of ether oxygens (including phenoxy) is 1. The first kappa shape index (κ1) is 18.3. The lowest BCUT2D eigenvalue weighted by Gasteiger charge is -2.03. The molecule has 0 aliphatic carbocycles. The number of esters is 1. The van der Waals surface area contributed by atoms with E-state index in [0.717, 1.165) is 10.2 Å². The molecular weight excluding hydrogens is 372 g/mol. The zero-order valence-electron chi connectivity index (χ0n) is 14.4. The molecule has 1 aromatic heterocycles. The molecule has 0 N–H and O–H groups in total. The summed E-state index contributed by atoms with van der Waals surface area (Å²) in [5, 5.41) is 0. The zero-order valence-corrected chi connectivity index (χ0v) is 16.0. The minimum atomic E-state index is -3.81. The summed E-state index contributed by atoms with van der Waals surface area (Å²) in [4.78, 5) is 12.4. The van der Waals surface area contributed by atoms with Crippen LogP contribution in [0.2, 0.25) is 0 Å². The second kappa shape index (κ2) is 7.43.